The van der Waals surface area contributed by atoms with Crippen molar-refractivity contribution in [3.05, 3.63) is 0 Å². The standard InChI is InChI=1S/C10H20BNO4S/c1-6(14)8-2-7(4-16-17-5-11)10(12-8)9(15)3-13/h7-10,12-13,15H,2-5,11H2,1H3/t7-,8+,9?,10+/m0/s1/i11TD. The van der Waals surface area contributed by atoms with Crippen molar-refractivity contribution in [3.63, 3.8) is 0 Å². The van der Waals surface area contributed by atoms with Crippen molar-refractivity contribution in [1.82, 2.24) is 5.32 Å². The quantitative estimate of drug-likeness (QED) is 0.282. The average molecular weight is 264 g/mol. The van der Waals surface area contributed by atoms with Crippen molar-refractivity contribution >= 4 is 25.6 Å². The van der Waals surface area contributed by atoms with Gasteiger partial charge >= 0.3 is 0 Å². The molecule has 0 aromatic rings. The maximum atomic E-state index is 11.4. The number of aliphatic hydroxyl groups excluding tert-OH is 2. The molecule has 4 atom stereocenters. The van der Waals surface area contributed by atoms with Crippen LogP contribution in [0.5, 0.6) is 0 Å². The molecule has 0 spiro atoms. The van der Waals surface area contributed by atoms with Gasteiger partial charge in [-0.05, 0) is 33.7 Å². The Kier molecular flexibility index (Phi) is 5.20. The molecule has 0 saturated carbocycles. The number of carbonyl (C=O) groups excluding carboxylic acids is 1. The van der Waals surface area contributed by atoms with E-state index in [1.807, 2.05) is 0 Å². The second-order valence-corrected chi connectivity index (χ2v) is 4.98. The molecule has 0 aromatic heterocycles. The fourth-order valence-corrected chi connectivity index (χ4v) is 2.43. The SMILES string of the molecule is [2H]B([3H])CSOC[C@@H]1C[C@H](C(C)=O)N[C@H]1C(O)CO. The fourth-order valence-electron chi connectivity index (χ4n) is 2.06. The molecule has 0 bridgehead atoms. The lowest BCUT2D eigenvalue weighted by molar-refractivity contribution is -0.118. The van der Waals surface area contributed by atoms with Crippen molar-refractivity contribution in [2.45, 2.75) is 31.5 Å². The van der Waals surface area contributed by atoms with E-state index in [1.54, 1.807) is 0 Å². The van der Waals surface area contributed by atoms with E-state index in [4.69, 9.17) is 12.0 Å². The van der Waals surface area contributed by atoms with Gasteiger partial charge in [0.1, 0.15) is 13.6 Å². The topological polar surface area (TPSA) is 78.8 Å². The molecular formula is C10H20BNO4S. The van der Waals surface area contributed by atoms with Gasteiger partial charge in [-0.2, -0.15) is 0 Å². The van der Waals surface area contributed by atoms with Crippen molar-refractivity contribution in [2.24, 2.45) is 5.92 Å². The minimum Gasteiger partial charge on any atom is -0.394 e. The molecule has 17 heavy (non-hydrogen) atoms. The van der Waals surface area contributed by atoms with E-state index in [0.717, 1.165) is 12.0 Å². The Morgan fingerprint density at radius 1 is 1.94 bits per heavy atom. The highest BCUT2D eigenvalue weighted by Crippen LogP contribution is 2.25. The number of nitrogens with one attached hydrogen (secondary N) is 1. The Morgan fingerprint density at radius 3 is 3.29 bits per heavy atom. The van der Waals surface area contributed by atoms with Crippen molar-refractivity contribution < 1.29 is 19.2 Å². The van der Waals surface area contributed by atoms with E-state index in [1.165, 1.54) is 6.92 Å². The zero-order chi connectivity index (χ0) is 14.4. The first-order valence-electron chi connectivity index (χ1n) is 6.75. The Morgan fingerprint density at radius 2 is 2.71 bits per heavy atom. The van der Waals surface area contributed by atoms with Gasteiger partial charge < -0.3 is 19.7 Å². The van der Waals surface area contributed by atoms with Gasteiger partial charge in [0.05, 0.1) is 25.4 Å². The van der Waals surface area contributed by atoms with Gasteiger partial charge in [0.15, 0.2) is 0 Å². The number of carbonyl (C=O) groups is 1. The number of hydrogen-bond donors (Lipinski definition) is 3. The molecule has 3 N–H and O–H groups in total. The van der Waals surface area contributed by atoms with Crippen LogP contribution >= 0.6 is 12.0 Å². The highest BCUT2D eigenvalue weighted by Gasteiger charge is 2.39. The molecule has 1 saturated heterocycles. The van der Waals surface area contributed by atoms with Crippen molar-refractivity contribution in [1.29, 1.82) is 2.67 Å². The first kappa shape index (κ1) is 12.0. The van der Waals surface area contributed by atoms with Crippen molar-refractivity contribution in [2.75, 3.05) is 18.9 Å². The minimum absolute atomic E-state index is 0.00248. The molecule has 0 aromatic carbocycles. The fraction of sp³-hybridized carbons (Fsp3) is 0.900. The number of hydrogen-bond acceptors (Lipinski definition) is 6. The Hall–Kier alpha value is -0.0751. The van der Waals surface area contributed by atoms with E-state index in [-0.39, 0.29) is 36.0 Å². The molecule has 5 nitrogen and oxygen atoms in total. The molecule has 1 heterocycles. The van der Waals surface area contributed by atoms with Crippen LogP contribution in [0.25, 0.3) is 0 Å². The summed E-state index contributed by atoms with van der Waals surface area (Å²) in [6, 6.07) is -0.688. The Balaban J connectivity index is 2.45. The summed E-state index contributed by atoms with van der Waals surface area (Å²) in [5, 5.41) is 21.8. The summed E-state index contributed by atoms with van der Waals surface area (Å²) in [7, 11) is -0.935. The van der Waals surface area contributed by atoms with Gasteiger partial charge in [-0.1, -0.05) is 0 Å². The molecule has 1 aliphatic rings. The van der Waals surface area contributed by atoms with Crippen LogP contribution in [0.4, 0.5) is 0 Å². The summed E-state index contributed by atoms with van der Waals surface area (Å²) in [4.78, 5) is 11.4. The number of ketones is 1. The van der Waals surface area contributed by atoms with Crippen LogP contribution in [-0.4, -0.2) is 63.5 Å². The van der Waals surface area contributed by atoms with Gasteiger partial charge in [0.25, 0.3) is 0 Å². The first-order valence-corrected chi connectivity index (χ1v) is 6.51. The lowest BCUT2D eigenvalue weighted by Crippen LogP contribution is -2.45. The van der Waals surface area contributed by atoms with E-state index >= 15 is 0 Å². The van der Waals surface area contributed by atoms with Crippen LogP contribution in [0.2, 0.25) is 0 Å². The van der Waals surface area contributed by atoms with Gasteiger partial charge in [-0.25, -0.2) is 0 Å². The summed E-state index contributed by atoms with van der Waals surface area (Å²) in [5.41, 5.74) is 0.253. The number of rotatable bonds is 8. The third kappa shape index (κ3) is 4.26. The van der Waals surface area contributed by atoms with Gasteiger partial charge in [0.2, 0.25) is 0 Å². The van der Waals surface area contributed by atoms with E-state index in [2.05, 4.69) is 5.32 Å². The van der Waals surface area contributed by atoms with Crippen LogP contribution in [0, 0.1) is 5.92 Å². The molecule has 0 radical (unpaired) electrons. The smallest absolute Gasteiger partial charge is 0.146 e. The van der Waals surface area contributed by atoms with E-state index in [9.17, 15) is 9.90 Å². The highest BCUT2D eigenvalue weighted by molar-refractivity contribution is 7.95. The van der Waals surface area contributed by atoms with Crippen molar-refractivity contribution in [3.8, 4) is 0 Å². The number of Topliss-reactive ketones (excluding diaryl/α,β-unsaturated/α-hetero) is 1. The summed E-state index contributed by atoms with van der Waals surface area (Å²) in [5.74, 6) is -0.0684. The van der Waals surface area contributed by atoms with E-state index < -0.39 is 13.9 Å². The molecule has 1 aliphatic heterocycles. The zero-order valence-electron chi connectivity index (χ0n) is 11.8. The second kappa shape index (κ2) is 7.38. The largest absolute Gasteiger partial charge is 0.394 e. The normalized spacial score (nSPS) is 31.8. The molecule has 1 unspecified atom stereocenters. The summed E-state index contributed by atoms with van der Waals surface area (Å²) >= 11 is 1.05. The summed E-state index contributed by atoms with van der Waals surface area (Å²) in [6.07, 6.45) is -0.369. The first-order chi connectivity index (χ1) is 8.95. The summed E-state index contributed by atoms with van der Waals surface area (Å²) < 4.78 is 19.4. The van der Waals surface area contributed by atoms with E-state index in [0.29, 0.717) is 13.0 Å². The lowest BCUT2D eigenvalue weighted by Gasteiger charge is -2.23. The molecule has 98 valence electrons. The van der Waals surface area contributed by atoms with Crippen LogP contribution in [0.1, 0.15) is 13.3 Å². The molecule has 0 amide bonds. The monoisotopic (exact) mass is 264 g/mol. The summed E-state index contributed by atoms with van der Waals surface area (Å²) in [6.45, 7) is 1.44. The molecular weight excluding hydrogens is 241 g/mol. The third-order valence-corrected chi connectivity index (χ3v) is 3.40. The van der Waals surface area contributed by atoms with Crippen LogP contribution in [0.15, 0.2) is 0 Å². The maximum Gasteiger partial charge on any atom is 0.146 e. The predicted octanol–water partition coefficient (Wildman–Crippen LogP) is -1.47. The second-order valence-electron chi connectivity index (χ2n) is 4.17. The van der Waals surface area contributed by atoms with Crippen LogP contribution < -0.4 is 5.32 Å². The molecule has 7 heteroatoms. The average Bonchev–Trinajstić information content (AvgIpc) is 2.77. The van der Waals surface area contributed by atoms with Gasteiger partial charge in [-0.15, -0.1) is 0 Å². The minimum atomic E-state index is -0.935. The Labute approximate surface area is 110 Å². The third-order valence-electron chi connectivity index (χ3n) is 2.97. The number of aliphatic hydroxyl groups is 2. The van der Waals surface area contributed by atoms with Gasteiger partial charge in [0, 0.05) is 12.0 Å². The molecule has 1 rings (SSSR count). The molecule has 1 fully saturated rings. The van der Waals surface area contributed by atoms with Crippen LogP contribution in [-0.2, 0) is 8.98 Å². The zero-order valence-corrected chi connectivity index (χ0v) is 10.7. The predicted molar refractivity (Wildman–Crippen MR) is 69.5 cm³/mol. The maximum absolute atomic E-state index is 11.4. The Bertz CT molecular complexity index is 301. The lowest BCUT2D eigenvalue weighted by atomic mass is 9.96. The highest BCUT2D eigenvalue weighted by atomic mass is 32.2. The van der Waals surface area contributed by atoms with Gasteiger partial charge in [-0.3, -0.25) is 4.79 Å². The van der Waals surface area contributed by atoms with Crippen LogP contribution in [0.3, 0.4) is 0 Å². The molecule has 0 aliphatic carbocycles.